The molecule has 0 aromatic carbocycles. The van der Waals surface area contributed by atoms with E-state index >= 15 is 0 Å². The maximum atomic E-state index is 6.36. The first-order valence-corrected chi connectivity index (χ1v) is 7.07. The summed E-state index contributed by atoms with van der Waals surface area (Å²) in [5.41, 5.74) is 6.36. The molecule has 2 rings (SSSR count). The van der Waals surface area contributed by atoms with Gasteiger partial charge in [-0.05, 0) is 33.6 Å². The maximum Gasteiger partial charge on any atom is 0.0940 e. The summed E-state index contributed by atoms with van der Waals surface area (Å²) in [6, 6.07) is 0.609. The summed E-state index contributed by atoms with van der Waals surface area (Å²) in [7, 11) is 4.37. The Morgan fingerprint density at radius 3 is 3.06 bits per heavy atom. The molecule has 0 aliphatic carbocycles. The summed E-state index contributed by atoms with van der Waals surface area (Å²) in [6.45, 7) is 3.37. The Kier molecular flexibility index (Phi) is 4.50. The van der Waals surface area contributed by atoms with Crippen LogP contribution < -0.4 is 5.73 Å². The van der Waals surface area contributed by atoms with Gasteiger partial charge in [0.25, 0.3) is 0 Å². The average molecular weight is 254 g/mol. The van der Waals surface area contributed by atoms with Crippen molar-refractivity contribution in [3.05, 3.63) is 16.6 Å². The van der Waals surface area contributed by atoms with Crippen molar-refractivity contribution in [2.24, 2.45) is 5.73 Å². The Bertz CT molecular complexity index is 327. The number of nitrogens with zero attached hydrogens (tertiary/aromatic N) is 3. The largest absolute Gasteiger partial charge is 0.326 e. The highest BCUT2D eigenvalue weighted by molar-refractivity contribution is 7.09. The molecule has 0 spiro atoms. The van der Waals surface area contributed by atoms with Gasteiger partial charge in [-0.2, -0.15) is 0 Å². The molecule has 96 valence electrons. The number of thiazole rings is 1. The van der Waals surface area contributed by atoms with Gasteiger partial charge in [0.1, 0.15) is 0 Å². The number of nitrogens with two attached hydrogens (primary N) is 1. The van der Waals surface area contributed by atoms with Gasteiger partial charge in [0.05, 0.1) is 5.01 Å². The van der Waals surface area contributed by atoms with Gasteiger partial charge >= 0.3 is 0 Å². The lowest BCUT2D eigenvalue weighted by molar-refractivity contribution is 0.195. The van der Waals surface area contributed by atoms with Gasteiger partial charge < -0.3 is 15.5 Å². The molecule has 2 N–H and O–H groups in total. The predicted octanol–water partition coefficient (Wildman–Crippen LogP) is 0.649. The number of likely N-dealkylation sites (N-methyl/N-ethyl adjacent to an activating group) is 2. The quantitative estimate of drug-likeness (QED) is 0.860. The minimum Gasteiger partial charge on any atom is -0.326 e. The third-order valence-corrected chi connectivity index (χ3v) is 4.31. The first-order valence-electron chi connectivity index (χ1n) is 6.19. The molecule has 2 atom stereocenters. The zero-order valence-corrected chi connectivity index (χ0v) is 11.5. The van der Waals surface area contributed by atoms with Crippen molar-refractivity contribution >= 4 is 11.3 Å². The minimum absolute atomic E-state index is 0.173. The standard InChI is InChI=1S/C12H22N4S/c1-15-5-3-6-16(2)11(9-15)10(13)8-12-14-4-7-17-12/h4,7,10-11H,3,5-6,8-9,13H2,1-2H3. The molecule has 1 aromatic rings. The van der Waals surface area contributed by atoms with Crippen LogP contribution >= 0.6 is 11.3 Å². The van der Waals surface area contributed by atoms with Crippen LogP contribution in [0.5, 0.6) is 0 Å². The van der Waals surface area contributed by atoms with Crippen molar-refractivity contribution in [2.45, 2.75) is 24.9 Å². The Morgan fingerprint density at radius 2 is 2.35 bits per heavy atom. The van der Waals surface area contributed by atoms with Crippen LogP contribution in [0, 0.1) is 0 Å². The maximum absolute atomic E-state index is 6.36. The van der Waals surface area contributed by atoms with Crippen LogP contribution in [-0.2, 0) is 6.42 Å². The van der Waals surface area contributed by atoms with E-state index in [9.17, 15) is 0 Å². The molecule has 1 aliphatic heterocycles. The number of aromatic nitrogens is 1. The Hall–Kier alpha value is -0.490. The molecule has 4 nitrogen and oxygen atoms in total. The van der Waals surface area contributed by atoms with Gasteiger partial charge in [0, 0.05) is 36.6 Å². The molecule has 0 saturated carbocycles. The highest BCUT2D eigenvalue weighted by Crippen LogP contribution is 2.14. The second kappa shape index (κ2) is 5.91. The zero-order valence-electron chi connectivity index (χ0n) is 10.7. The molecule has 0 bridgehead atoms. The summed E-state index contributed by atoms with van der Waals surface area (Å²) in [6.07, 6.45) is 3.98. The first kappa shape index (κ1) is 13.0. The monoisotopic (exact) mass is 254 g/mol. The fraction of sp³-hybridized carbons (Fsp3) is 0.750. The molecular formula is C12H22N4S. The van der Waals surface area contributed by atoms with E-state index in [4.69, 9.17) is 5.73 Å². The number of hydrogen-bond donors (Lipinski definition) is 1. The highest BCUT2D eigenvalue weighted by atomic mass is 32.1. The van der Waals surface area contributed by atoms with Crippen LogP contribution in [0.1, 0.15) is 11.4 Å². The third kappa shape index (κ3) is 3.48. The lowest BCUT2D eigenvalue weighted by Gasteiger charge is -2.32. The van der Waals surface area contributed by atoms with E-state index in [2.05, 4.69) is 28.9 Å². The van der Waals surface area contributed by atoms with E-state index in [0.29, 0.717) is 6.04 Å². The average Bonchev–Trinajstić information content (AvgIpc) is 2.72. The molecule has 2 heterocycles. The minimum atomic E-state index is 0.173. The molecule has 1 aromatic heterocycles. The SMILES string of the molecule is CN1CCCN(C)C(C(N)Cc2nccs2)C1. The van der Waals surface area contributed by atoms with E-state index in [1.165, 1.54) is 13.0 Å². The van der Waals surface area contributed by atoms with Gasteiger partial charge in [-0.1, -0.05) is 0 Å². The van der Waals surface area contributed by atoms with Gasteiger partial charge in [0.2, 0.25) is 0 Å². The van der Waals surface area contributed by atoms with Crippen molar-refractivity contribution in [1.29, 1.82) is 0 Å². The van der Waals surface area contributed by atoms with Crippen molar-refractivity contribution in [3.63, 3.8) is 0 Å². The molecule has 1 saturated heterocycles. The van der Waals surface area contributed by atoms with Crippen molar-refractivity contribution < 1.29 is 0 Å². The molecule has 1 aliphatic rings. The normalized spacial score (nSPS) is 25.7. The van der Waals surface area contributed by atoms with Crippen LogP contribution in [0.25, 0.3) is 0 Å². The molecular weight excluding hydrogens is 232 g/mol. The molecule has 17 heavy (non-hydrogen) atoms. The summed E-state index contributed by atoms with van der Waals surface area (Å²) >= 11 is 1.70. The summed E-state index contributed by atoms with van der Waals surface area (Å²) < 4.78 is 0. The van der Waals surface area contributed by atoms with E-state index in [1.807, 2.05) is 11.6 Å². The summed E-state index contributed by atoms with van der Waals surface area (Å²) in [5, 5.41) is 3.17. The van der Waals surface area contributed by atoms with Crippen molar-refractivity contribution in [3.8, 4) is 0 Å². The van der Waals surface area contributed by atoms with E-state index in [1.54, 1.807) is 11.3 Å². The van der Waals surface area contributed by atoms with E-state index < -0.39 is 0 Å². The highest BCUT2D eigenvalue weighted by Gasteiger charge is 2.26. The lowest BCUT2D eigenvalue weighted by Crippen LogP contribution is -2.51. The van der Waals surface area contributed by atoms with E-state index in [0.717, 1.165) is 24.5 Å². The van der Waals surface area contributed by atoms with E-state index in [-0.39, 0.29) is 6.04 Å². The van der Waals surface area contributed by atoms with Crippen molar-refractivity contribution in [1.82, 2.24) is 14.8 Å². The first-order chi connectivity index (χ1) is 8.16. The zero-order chi connectivity index (χ0) is 12.3. The van der Waals surface area contributed by atoms with Gasteiger partial charge in [-0.3, -0.25) is 0 Å². The Morgan fingerprint density at radius 1 is 1.53 bits per heavy atom. The number of hydrogen-bond acceptors (Lipinski definition) is 5. The second-order valence-electron chi connectivity index (χ2n) is 4.96. The lowest BCUT2D eigenvalue weighted by atomic mass is 10.0. The predicted molar refractivity (Wildman–Crippen MR) is 72.3 cm³/mol. The van der Waals surface area contributed by atoms with Crippen LogP contribution in [0.15, 0.2) is 11.6 Å². The molecule has 1 fully saturated rings. The smallest absolute Gasteiger partial charge is 0.0940 e. The Labute approximate surface area is 107 Å². The van der Waals surface area contributed by atoms with Gasteiger partial charge in [0.15, 0.2) is 0 Å². The molecule has 5 heteroatoms. The number of rotatable bonds is 3. The fourth-order valence-electron chi connectivity index (χ4n) is 2.46. The van der Waals surface area contributed by atoms with Gasteiger partial charge in [-0.15, -0.1) is 11.3 Å². The summed E-state index contributed by atoms with van der Waals surface area (Å²) in [5.74, 6) is 0. The molecule has 0 radical (unpaired) electrons. The van der Waals surface area contributed by atoms with Crippen LogP contribution in [0.4, 0.5) is 0 Å². The van der Waals surface area contributed by atoms with Crippen LogP contribution in [-0.4, -0.2) is 60.6 Å². The topological polar surface area (TPSA) is 45.4 Å². The summed E-state index contributed by atoms with van der Waals surface area (Å²) in [4.78, 5) is 9.11. The fourth-order valence-corrected chi connectivity index (χ4v) is 3.15. The van der Waals surface area contributed by atoms with Crippen LogP contribution in [0.3, 0.4) is 0 Å². The van der Waals surface area contributed by atoms with Crippen molar-refractivity contribution in [2.75, 3.05) is 33.7 Å². The van der Waals surface area contributed by atoms with Gasteiger partial charge in [-0.25, -0.2) is 4.98 Å². The molecule has 2 unspecified atom stereocenters. The molecule has 0 amide bonds. The second-order valence-corrected chi connectivity index (χ2v) is 5.94. The van der Waals surface area contributed by atoms with Crippen LogP contribution in [0.2, 0.25) is 0 Å². The Balaban J connectivity index is 1.98. The third-order valence-electron chi connectivity index (χ3n) is 3.50.